The van der Waals surface area contributed by atoms with E-state index in [1.54, 1.807) is 0 Å². The summed E-state index contributed by atoms with van der Waals surface area (Å²) in [6, 6.07) is 11.6. The summed E-state index contributed by atoms with van der Waals surface area (Å²) >= 11 is 0. The highest BCUT2D eigenvalue weighted by Gasteiger charge is 2.03. The molecular formula is C17H21NO2. The fraction of sp³-hybridized carbons (Fsp3) is 0.353. The minimum absolute atomic E-state index is 0.681. The molecule has 0 aliphatic carbocycles. The summed E-state index contributed by atoms with van der Waals surface area (Å²) in [5.41, 5.74) is 0.720. The minimum atomic E-state index is 0.681. The third-order valence-electron chi connectivity index (χ3n) is 3.58. The van der Waals surface area contributed by atoms with Crippen molar-refractivity contribution in [2.45, 2.75) is 13.8 Å². The molecule has 106 valence electrons. The van der Waals surface area contributed by atoms with E-state index in [2.05, 4.69) is 18.7 Å². The van der Waals surface area contributed by atoms with Crippen molar-refractivity contribution in [3.63, 3.8) is 0 Å². The Bertz CT molecular complexity index is 576. The largest absolute Gasteiger partial charge is 0.492 e. The number of carbonyl (C=O) groups is 1. The van der Waals surface area contributed by atoms with Gasteiger partial charge in [0.05, 0.1) is 0 Å². The van der Waals surface area contributed by atoms with E-state index in [1.165, 1.54) is 0 Å². The molecule has 0 aliphatic heterocycles. The Morgan fingerprint density at radius 3 is 2.65 bits per heavy atom. The van der Waals surface area contributed by atoms with Gasteiger partial charge in [0.25, 0.3) is 0 Å². The van der Waals surface area contributed by atoms with E-state index in [9.17, 15) is 4.79 Å². The molecule has 0 aromatic heterocycles. The van der Waals surface area contributed by atoms with Crippen LogP contribution in [0.4, 0.5) is 0 Å². The van der Waals surface area contributed by atoms with E-state index < -0.39 is 0 Å². The smallest absolute Gasteiger partial charge is 0.150 e. The SMILES string of the molecule is CCN(CC)CCOc1ccc2c(C=O)cccc2c1. The fourth-order valence-corrected chi connectivity index (χ4v) is 2.31. The molecule has 0 heterocycles. The number of rotatable bonds is 7. The van der Waals surface area contributed by atoms with Gasteiger partial charge >= 0.3 is 0 Å². The number of likely N-dealkylation sites (N-methyl/N-ethyl adjacent to an activating group) is 1. The maximum Gasteiger partial charge on any atom is 0.150 e. The maximum absolute atomic E-state index is 11.0. The summed E-state index contributed by atoms with van der Waals surface area (Å²) in [5, 5.41) is 2.01. The zero-order chi connectivity index (χ0) is 14.4. The van der Waals surface area contributed by atoms with Gasteiger partial charge < -0.3 is 9.64 Å². The second kappa shape index (κ2) is 7.06. The van der Waals surface area contributed by atoms with Gasteiger partial charge in [0, 0.05) is 12.1 Å². The first kappa shape index (κ1) is 14.5. The fourth-order valence-electron chi connectivity index (χ4n) is 2.31. The van der Waals surface area contributed by atoms with Crippen LogP contribution >= 0.6 is 0 Å². The monoisotopic (exact) mass is 271 g/mol. The van der Waals surface area contributed by atoms with Crippen LogP contribution in [-0.4, -0.2) is 37.4 Å². The standard InChI is InChI=1S/C17H21NO2/c1-3-18(4-2)10-11-20-16-8-9-17-14(12-16)6-5-7-15(17)13-19/h5-9,12-13H,3-4,10-11H2,1-2H3. The Morgan fingerprint density at radius 2 is 1.95 bits per heavy atom. The van der Waals surface area contributed by atoms with Gasteiger partial charge in [-0.2, -0.15) is 0 Å². The summed E-state index contributed by atoms with van der Waals surface area (Å²) in [5.74, 6) is 0.854. The molecule has 2 rings (SSSR count). The molecule has 0 N–H and O–H groups in total. The van der Waals surface area contributed by atoms with E-state index in [4.69, 9.17) is 4.74 Å². The Kier molecular flexibility index (Phi) is 5.13. The highest BCUT2D eigenvalue weighted by molar-refractivity contribution is 5.98. The lowest BCUT2D eigenvalue weighted by atomic mass is 10.1. The van der Waals surface area contributed by atoms with Crippen LogP contribution in [0.2, 0.25) is 0 Å². The van der Waals surface area contributed by atoms with Gasteiger partial charge in [0.1, 0.15) is 12.4 Å². The van der Waals surface area contributed by atoms with Crippen molar-refractivity contribution in [1.29, 1.82) is 0 Å². The van der Waals surface area contributed by atoms with Crippen LogP contribution in [0, 0.1) is 0 Å². The van der Waals surface area contributed by atoms with Crippen molar-refractivity contribution in [3.05, 3.63) is 42.0 Å². The van der Waals surface area contributed by atoms with Crippen LogP contribution in [0.5, 0.6) is 5.75 Å². The van der Waals surface area contributed by atoms with E-state index in [0.29, 0.717) is 6.61 Å². The van der Waals surface area contributed by atoms with Gasteiger partial charge in [-0.05, 0) is 42.1 Å². The highest BCUT2D eigenvalue weighted by Crippen LogP contribution is 2.23. The van der Waals surface area contributed by atoms with E-state index in [0.717, 1.165) is 48.0 Å². The Balaban J connectivity index is 2.07. The number of fused-ring (bicyclic) bond motifs is 1. The van der Waals surface area contributed by atoms with Crippen molar-refractivity contribution in [2.75, 3.05) is 26.2 Å². The molecule has 0 radical (unpaired) electrons. The lowest BCUT2D eigenvalue weighted by Crippen LogP contribution is -2.27. The Morgan fingerprint density at radius 1 is 1.15 bits per heavy atom. The summed E-state index contributed by atoms with van der Waals surface area (Å²) in [6.45, 7) is 8.00. The quantitative estimate of drug-likeness (QED) is 0.723. The lowest BCUT2D eigenvalue weighted by Gasteiger charge is -2.18. The summed E-state index contributed by atoms with van der Waals surface area (Å²) in [6.07, 6.45) is 0.892. The van der Waals surface area contributed by atoms with Crippen LogP contribution in [-0.2, 0) is 0 Å². The number of carbonyl (C=O) groups excluding carboxylic acids is 1. The van der Waals surface area contributed by atoms with Gasteiger partial charge in [-0.25, -0.2) is 0 Å². The zero-order valence-electron chi connectivity index (χ0n) is 12.1. The van der Waals surface area contributed by atoms with E-state index >= 15 is 0 Å². The lowest BCUT2D eigenvalue weighted by molar-refractivity contribution is 0.112. The van der Waals surface area contributed by atoms with Gasteiger partial charge in [0.15, 0.2) is 6.29 Å². The molecule has 3 nitrogen and oxygen atoms in total. The predicted molar refractivity (Wildman–Crippen MR) is 82.6 cm³/mol. The van der Waals surface area contributed by atoms with Crippen LogP contribution in [0.1, 0.15) is 24.2 Å². The second-order valence-electron chi connectivity index (χ2n) is 4.72. The van der Waals surface area contributed by atoms with Crippen molar-refractivity contribution in [1.82, 2.24) is 4.90 Å². The molecule has 0 amide bonds. The van der Waals surface area contributed by atoms with E-state index in [1.807, 2.05) is 36.4 Å². The molecular weight excluding hydrogens is 250 g/mol. The van der Waals surface area contributed by atoms with E-state index in [-0.39, 0.29) is 0 Å². The number of hydrogen-bond donors (Lipinski definition) is 0. The Labute approximate surface area is 120 Å². The zero-order valence-corrected chi connectivity index (χ0v) is 12.1. The summed E-state index contributed by atoms with van der Waals surface area (Å²) < 4.78 is 5.79. The van der Waals surface area contributed by atoms with Gasteiger partial charge in [-0.3, -0.25) is 4.79 Å². The average molecular weight is 271 g/mol. The first-order valence-electron chi connectivity index (χ1n) is 7.11. The molecule has 2 aromatic carbocycles. The maximum atomic E-state index is 11.0. The third-order valence-corrected chi connectivity index (χ3v) is 3.58. The van der Waals surface area contributed by atoms with Crippen molar-refractivity contribution in [3.8, 4) is 5.75 Å². The van der Waals surface area contributed by atoms with Gasteiger partial charge in [0.2, 0.25) is 0 Å². The van der Waals surface area contributed by atoms with Crippen LogP contribution in [0.15, 0.2) is 36.4 Å². The molecule has 0 fully saturated rings. The van der Waals surface area contributed by atoms with Gasteiger partial charge in [-0.1, -0.05) is 32.0 Å². The van der Waals surface area contributed by atoms with Gasteiger partial charge in [-0.15, -0.1) is 0 Å². The Hall–Kier alpha value is -1.87. The molecule has 0 unspecified atom stereocenters. The minimum Gasteiger partial charge on any atom is -0.492 e. The molecule has 0 aliphatic rings. The normalized spacial score (nSPS) is 10.9. The number of aldehydes is 1. The number of hydrogen-bond acceptors (Lipinski definition) is 3. The van der Waals surface area contributed by atoms with Crippen molar-refractivity contribution >= 4 is 17.1 Å². The highest BCUT2D eigenvalue weighted by atomic mass is 16.5. The molecule has 3 heteroatoms. The third kappa shape index (κ3) is 3.36. The topological polar surface area (TPSA) is 29.5 Å². The predicted octanol–water partition coefficient (Wildman–Crippen LogP) is 3.37. The first-order chi connectivity index (χ1) is 9.78. The summed E-state index contributed by atoms with van der Waals surface area (Å²) in [4.78, 5) is 13.3. The molecule has 0 atom stereocenters. The number of ether oxygens (including phenoxy) is 1. The van der Waals surface area contributed by atoms with Crippen LogP contribution in [0.3, 0.4) is 0 Å². The summed E-state index contributed by atoms with van der Waals surface area (Å²) in [7, 11) is 0. The van der Waals surface area contributed by atoms with Crippen LogP contribution < -0.4 is 4.74 Å². The first-order valence-corrected chi connectivity index (χ1v) is 7.11. The molecule has 0 saturated heterocycles. The molecule has 0 saturated carbocycles. The van der Waals surface area contributed by atoms with Crippen molar-refractivity contribution in [2.24, 2.45) is 0 Å². The van der Waals surface area contributed by atoms with Crippen molar-refractivity contribution < 1.29 is 9.53 Å². The number of benzene rings is 2. The molecule has 20 heavy (non-hydrogen) atoms. The number of nitrogens with zero attached hydrogens (tertiary/aromatic N) is 1. The van der Waals surface area contributed by atoms with Crippen LogP contribution in [0.25, 0.3) is 10.8 Å². The average Bonchev–Trinajstić information content (AvgIpc) is 2.50. The molecule has 2 aromatic rings. The molecule has 0 spiro atoms. The molecule has 0 bridgehead atoms. The second-order valence-corrected chi connectivity index (χ2v) is 4.72.